The highest BCUT2D eigenvalue weighted by atomic mass is 32.2. The monoisotopic (exact) mass is 381 g/mol. The number of hydrogen-bond acceptors (Lipinski definition) is 6. The predicted octanol–water partition coefficient (Wildman–Crippen LogP) is 2.27. The molecule has 1 aromatic heterocycles. The van der Waals surface area contributed by atoms with Crippen LogP contribution in [0.5, 0.6) is 5.75 Å². The number of thioether (sulfide) groups is 1. The van der Waals surface area contributed by atoms with Crippen LogP contribution in [0.15, 0.2) is 29.4 Å². The zero-order valence-corrected chi connectivity index (χ0v) is 16.1. The van der Waals surface area contributed by atoms with Gasteiger partial charge in [-0.2, -0.15) is 0 Å². The number of aromatic nitrogens is 3. The summed E-state index contributed by atoms with van der Waals surface area (Å²) in [5.74, 6) is 3.23. The van der Waals surface area contributed by atoms with Crippen molar-refractivity contribution in [1.29, 1.82) is 0 Å². The first-order valence-electron chi connectivity index (χ1n) is 8.34. The number of ether oxygens (including phenoxy) is 1. The van der Waals surface area contributed by atoms with Gasteiger partial charge in [0.05, 0.1) is 18.1 Å². The largest absolute Gasteiger partial charge is 0.493 e. The maximum Gasteiger partial charge on any atom is 0.191 e. The summed E-state index contributed by atoms with van der Waals surface area (Å²) in [5, 5.41) is 9.29. The quantitative estimate of drug-likeness (QED) is 0.541. The highest BCUT2D eigenvalue weighted by Crippen LogP contribution is 2.23. The number of rotatable bonds is 7. The van der Waals surface area contributed by atoms with Crippen molar-refractivity contribution in [2.75, 3.05) is 23.9 Å². The van der Waals surface area contributed by atoms with Crippen molar-refractivity contribution in [3.05, 3.63) is 35.7 Å². The van der Waals surface area contributed by atoms with Gasteiger partial charge in [0, 0.05) is 19.2 Å². The minimum Gasteiger partial charge on any atom is -0.493 e. The van der Waals surface area contributed by atoms with Crippen LogP contribution in [0.3, 0.4) is 0 Å². The van der Waals surface area contributed by atoms with Crippen LogP contribution in [0.2, 0.25) is 0 Å². The van der Waals surface area contributed by atoms with Gasteiger partial charge in [-0.25, -0.2) is 8.42 Å². The zero-order valence-electron chi connectivity index (χ0n) is 14.5. The Bertz CT molecular complexity index is 816. The lowest BCUT2D eigenvalue weighted by Gasteiger charge is -2.08. The van der Waals surface area contributed by atoms with Gasteiger partial charge in [-0.05, 0) is 31.4 Å². The van der Waals surface area contributed by atoms with Gasteiger partial charge < -0.3 is 9.30 Å². The van der Waals surface area contributed by atoms with Gasteiger partial charge in [0.1, 0.15) is 11.6 Å². The van der Waals surface area contributed by atoms with Gasteiger partial charge in [0.2, 0.25) is 0 Å². The summed E-state index contributed by atoms with van der Waals surface area (Å²) < 4.78 is 30.8. The highest BCUT2D eigenvalue weighted by molar-refractivity contribution is 7.99. The van der Waals surface area contributed by atoms with Gasteiger partial charge in [0.25, 0.3) is 0 Å². The SMILES string of the molecule is Cc1ccc(OCCSc2nnc(C[C@@H]3CCS(=O)(=O)C3)n2C)cc1. The van der Waals surface area contributed by atoms with E-state index in [-0.39, 0.29) is 11.7 Å². The molecular weight excluding hydrogens is 358 g/mol. The van der Waals surface area contributed by atoms with Crippen LogP contribution in [0.1, 0.15) is 17.8 Å². The molecule has 0 aliphatic carbocycles. The first-order chi connectivity index (χ1) is 11.9. The second kappa shape index (κ2) is 7.78. The summed E-state index contributed by atoms with van der Waals surface area (Å²) >= 11 is 1.59. The molecule has 0 unspecified atom stereocenters. The number of sulfone groups is 1. The van der Waals surface area contributed by atoms with Crippen LogP contribution < -0.4 is 4.74 Å². The summed E-state index contributed by atoms with van der Waals surface area (Å²) in [5.41, 5.74) is 1.21. The minimum absolute atomic E-state index is 0.163. The Morgan fingerprint density at radius 1 is 1.28 bits per heavy atom. The third-order valence-corrected chi connectivity index (χ3v) is 7.15. The molecule has 2 aromatic rings. The Hall–Kier alpha value is -1.54. The molecule has 136 valence electrons. The lowest BCUT2D eigenvalue weighted by Crippen LogP contribution is -2.11. The molecule has 2 heterocycles. The molecule has 0 amide bonds. The summed E-state index contributed by atoms with van der Waals surface area (Å²) in [6, 6.07) is 7.99. The zero-order chi connectivity index (χ0) is 17.9. The van der Waals surface area contributed by atoms with Crippen molar-refractivity contribution >= 4 is 21.6 Å². The topological polar surface area (TPSA) is 74.1 Å². The number of aryl methyl sites for hydroxylation is 1. The predicted molar refractivity (Wildman–Crippen MR) is 98.9 cm³/mol. The summed E-state index contributed by atoms with van der Waals surface area (Å²) in [6.45, 7) is 2.64. The van der Waals surface area contributed by atoms with Crippen LogP contribution in [-0.4, -0.2) is 47.0 Å². The molecule has 1 fully saturated rings. The molecule has 0 spiro atoms. The van der Waals surface area contributed by atoms with Crippen molar-refractivity contribution in [3.8, 4) is 5.75 Å². The maximum absolute atomic E-state index is 11.6. The van der Waals surface area contributed by atoms with Gasteiger partial charge in [-0.3, -0.25) is 0 Å². The van der Waals surface area contributed by atoms with E-state index in [2.05, 4.69) is 10.2 Å². The third kappa shape index (κ3) is 4.98. The second-order valence-electron chi connectivity index (χ2n) is 6.44. The highest BCUT2D eigenvalue weighted by Gasteiger charge is 2.29. The number of hydrogen-bond donors (Lipinski definition) is 0. The van der Waals surface area contributed by atoms with Gasteiger partial charge >= 0.3 is 0 Å². The Balaban J connectivity index is 1.47. The molecule has 1 aromatic carbocycles. The molecule has 0 N–H and O–H groups in total. The average Bonchev–Trinajstić information content (AvgIpc) is 3.09. The molecule has 1 saturated heterocycles. The first kappa shape index (κ1) is 18.3. The van der Waals surface area contributed by atoms with Crippen LogP contribution in [-0.2, 0) is 23.3 Å². The lowest BCUT2D eigenvalue weighted by molar-refractivity contribution is 0.343. The van der Waals surface area contributed by atoms with Crippen LogP contribution in [0.4, 0.5) is 0 Å². The van der Waals surface area contributed by atoms with E-state index < -0.39 is 9.84 Å². The third-order valence-electron chi connectivity index (χ3n) is 4.33. The summed E-state index contributed by atoms with van der Waals surface area (Å²) in [7, 11) is -0.915. The number of benzene rings is 1. The molecule has 1 aliphatic heterocycles. The second-order valence-corrected chi connectivity index (χ2v) is 9.73. The molecule has 0 saturated carbocycles. The normalized spacial score (nSPS) is 19.2. The van der Waals surface area contributed by atoms with Crippen LogP contribution in [0, 0.1) is 12.8 Å². The van der Waals surface area contributed by atoms with E-state index in [0.29, 0.717) is 18.8 Å². The number of nitrogens with zero attached hydrogens (tertiary/aromatic N) is 3. The van der Waals surface area contributed by atoms with Gasteiger partial charge in [-0.1, -0.05) is 29.5 Å². The van der Waals surface area contributed by atoms with Crippen LogP contribution in [0.25, 0.3) is 0 Å². The van der Waals surface area contributed by atoms with E-state index in [1.54, 1.807) is 11.8 Å². The van der Waals surface area contributed by atoms with E-state index in [0.717, 1.165) is 28.9 Å². The standard InChI is InChI=1S/C17H23N3O3S2/c1-13-3-5-15(6-4-13)23-8-9-24-17-19-18-16(20(17)2)11-14-7-10-25(21,22)12-14/h3-6,14H,7-12H2,1-2H3/t14-/m0/s1. The van der Waals surface area contributed by atoms with Crippen molar-refractivity contribution in [1.82, 2.24) is 14.8 Å². The fourth-order valence-electron chi connectivity index (χ4n) is 2.87. The van der Waals surface area contributed by atoms with Crippen molar-refractivity contribution in [2.45, 2.75) is 24.9 Å². The van der Waals surface area contributed by atoms with E-state index in [1.807, 2.05) is 42.8 Å². The molecule has 8 heteroatoms. The first-order valence-corrected chi connectivity index (χ1v) is 11.1. The Labute approximate surface area is 152 Å². The molecule has 6 nitrogen and oxygen atoms in total. The van der Waals surface area contributed by atoms with Crippen molar-refractivity contribution in [3.63, 3.8) is 0 Å². The Kier molecular flexibility index (Phi) is 5.68. The van der Waals surface area contributed by atoms with Gasteiger partial charge in [0.15, 0.2) is 15.0 Å². The molecule has 1 atom stereocenters. The van der Waals surface area contributed by atoms with E-state index in [1.165, 1.54) is 5.56 Å². The minimum atomic E-state index is -2.85. The fraction of sp³-hybridized carbons (Fsp3) is 0.529. The molecule has 25 heavy (non-hydrogen) atoms. The Morgan fingerprint density at radius 2 is 2.04 bits per heavy atom. The average molecular weight is 382 g/mol. The lowest BCUT2D eigenvalue weighted by atomic mass is 10.1. The summed E-state index contributed by atoms with van der Waals surface area (Å²) in [4.78, 5) is 0. The molecule has 0 bridgehead atoms. The van der Waals surface area contributed by atoms with Crippen molar-refractivity contribution in [2.24, 2.45) is 13.0 Å². The molecule has 1 aliphatic rings. The molecular formula is C17H23N3O3S2. The molecule has 0 radical (unpaired) electrons. The Morgan fingerprint density at radius 3 is 2.72 bits per heavy atom. The van der Waals surface area contributed by atoms with Crippen molar-refractivity contribution < 1.29 is 13.2 Å². The maximum atomic E-state index is 11.6. The fourth-order valence-corrected chi connectivity index (χ4v) is 5.48. The molecule has 3 rings (SSSR count). The van der Waals surface area contributed by atoms with E-state index in [9.17, 15) is 8.42 Å². The van der Waals surface area contributed by atoms with E-state index in [4.69, 9.17) is 4.74 Å². The smallest absolute Gasteiger partial charge is 0.191 e. The van der Waals surface area contributed by atoms with Crippen LogP contribution >= 0.6 is 11.8 Å². The van der Waals surface area contributed by atoms with Gasteiger partial charge in [-0.15, -0.1) is 10.2 Å². The van der Waals surface area contributed by atoms with E-state index >= 15 is 0 Å². The summed E-state index contributed by atoms with van der Waals surface area (Å²) in [6.07, 6.45) is 1.39.